The number of nitrogens with one attached hydrogen (secondary N) is 1. The molecule has 210 valence electrons. The van der Waals surface area contributed by atoms with Crippen molar-refractivity contribution in [2.24, 2.45) is 0 Å². The minimum absolute atomic E-state index is 0.110. The summed E-state index contributed by atoms with van der Waals surface area (Å²) in [5.41, 5.74) is 2.89. The van der Waals surface area contributed by atoms with E-state index in [2.05, 4.69) is 15.2 Å². The number of carbonyl (C=O) groups excluding carboxylic acids is 2. The lowest BCUT2D eigenvalue weighted by atomic mass is 10.2. The SMILES string of the molecule is Cc1ncc(-c2ccc(C(=O)Nc3nc4cc(N(C)C(=O)c5ccccc5)ccc4n3CCN3CCOCC3)s2)o1. The van der Waals surface area contributed by atoms with Gasteiger partial charge in [-0.15, -0.1) is 11.3 Å². The van der Waals surface area contributed by atoms with Gasteiger partial charge in [-0.05, 0) is 42.5 Å². The average molecular weight is 571 g/mol. The fraction of sp³-hybridized carbons (Fsp3) is 0.267. The van der Waals surface area contributed by atoms with Crippen molar-refractivity contribution in [1.82, 2.24) is 19.4 Å². The molecule has 1 aliphatic heterocycles. The minimum Gasteiger partial charge on any atom is -0.440 e. The predicted octanol–water partition coefficient (Wildman–Crippen LogP) is 4.92. The van der Waals surface area contributed by atoms with E-state index < -0.39 is 0 Å². The van der Waals surface area contributed by atoms with Gasteiger partial charge in [0, 0.05) is 51.4 Å². The lowest BCUT2D eigenvalue weighted by Crippen LogP contribution is -2.38. The summed E-state index contributed by atoms with van der Waals surface area (Å²) in [7, 11) is 1.75. The number of nitrogens with zero attached hydrogens (tertiary/aromatic N) is 5. The number of imidazole rings is 1. The van der Waals surface area contributed by atoms with E-state index in [1.807, 2.05) is 47.0 Å². The summed E-state index contributed by atoms with van der Waals surface area (Å²) in [6.45, 7) is 6.37. The average Bonchev–Trinajstić information content (AvgIpc) is 3.74. The number of aryl methyl sites for hydroxylation is 1. The van der Waals surface area contributed by atoms with Crippen LogP contribution in [-0.4, -0.2) is 71.1 Å². The van der Waals surface area contributed by atoms with Gasteiger partial charge >= 0.3 is 0 Å². The van der Waals surface area contributed by atoms with Crippen molar-refractivity contribution >= 4 is 45.8 Å². The van der Waals surface area contributed by atoms with Gasteiger partial charge in [-0.1, -0.05) is 18.2 Å². The van der Waals surface area contributed by atoms with Crippen molar-refractivity contribution in [1.29, 1.82) is 0 Å². The Morgan fingerprint density at radius 3 is 2.61 bits per heavy atom. The summed E-state index contributed by atoms with van der Waals surface area (Å²) in [5.74, 6) is 1.30. The summed E-state index contributed by atoms with van der Waals surface area (Å²) in [5, 5.41) is 3.02. The van der Waals surface area contributed by atoms with Crippen LogP contribution in [0.25, 0.3) is 21.7 Å². The molecule has 1 saturated heterocycles. The Kier molecular flexibility index (Phi) is 7.64. The number of anilines is 2. The molecule has 1 N–H and O–H groups in total. The third kappa shape index (κ3) is 5.78. The van der Waals surface area contributed by atoms with Gasteiger partial charge in [0.1, 0.15) is 0 Å². The van der Waals surface area contributed by atoms with E-state index in [-0.39, 0.29) is 11.8 Å². The monoisotopic (exact) mass is 570 g/mol. The van der Waals surface area contributed by atoms with Crippen LogP contribution >= 0.6 is 11.3 Å². The fourth-order valence-electron chi connectivity index (χ4n) is 4.84. The normalized spacial score (nSPS) is 13.9. The molecule has 0 saturated carbocycles. The van der Waals surface area contributed by atoms with Gasteiger partial charge in [0.25, 0.3) is 11.8 Å². The van der Waals surface area contributed by atoms with E-state index in [0.717, 1.165) is 30.0 Å². The van der Waals surface area contributed by atoms with Crippen LogP contribution in [0.2, 0.25) is 0 Å². The fourth-order valence-corrected chi connectivity index (χ4v) is 5.68. The van der Waals surface area contributed by atoms with Gasteiger partial charge < -0.3 is 18.6 Å². The van der Waals surface area contributed by atoms with E-state index in [4.69, 9.17) is 14.1 Å². The first-order valence-electron chi connectivity index (χ1n) is 13.4. The van der Waals surface area contributed by atoms with E-state index in [0.29, 0.717) is 59.0 Å². The van der Waals surface area contributed by atoms with Crippen LogP contribution in [0.4, 0.5) is 11.6 Å². The van der Waals surface area contributed by atoms with E-state index in [9.17, 15) is 9.59 Å². The number of oxazole rings is 1. The molecular weight excluding hydrogens is 540 g/mol. The van der Waals surface area contributed by atoms with Crippen molar-refractivity contribution in [2.45, 2.75) is 13.5 Å². The van der Waals surface area contributed by atoms with Crippen LogP contribution in [0.15, 0.2) is 71.3 Å². The Labute approximate surface area is 241 Å². The maximum Gasteiger partial charge on any atom is 0.268 e. The molecular formula is C30H30N6O4S. The molecule has 1 fully saturated rings. The summed E-state index contributed by atoms with van der Waals surface area (Å²) in [4.78, 5) is 40.7. The third-order valence-corrected chi connectivity index (χ3v) is 8.21. The molecule has 0 spiro atoms. The summed E-state index contributed by atoms with van der Waals surface area (Å²) in [6.07, 6.45) is 1.66. The molecule has 5 aromatic rings. The Bertz CT molecular complexity index is 1690. The van der Waals surface area contributed by atoms with Gasteiger partial charge in [-0.3, -0.25) is 19.8 Å². The van der Waals surface area contributed by atoms with Gasteiger partial charge in [0.15, 0.2) is 11.7 Å². The Hall–Kier alpha value is -4.32. The predicted molar refractivity (Wildman–Crippen MR) is 159 cm³/mol. The molecule has 4 heterocycles. The lowest BCUT2D eigenvalue weighted by Gasteiger charge is -2.27. The molecule has 0 atom stereocenters. The number of hydrogen-bond donors (Lipinski definition) is 1. The zero-order chi connectivity index (χ0) is 28.3. The zero-order valence-electron chi connectivity index (χ0n) is 22.9. The molecule has 3 aromatic heterocycles. The van der Waals surface area contributed by atoms with E-state index >= 15 is 0 Å². The molecule has 0 aliphatic carbocycles. The minimum atomic E-state index is -0.253. The zero-order valence-corrected chi connectivity index (χ0v) is 23.7. The summed E-state index contributed by atoms with van der Waals surface area (Å²) < 4.78 is 13.1. The van der Waals surface area contributed by atoms with E-state index in [1.54, 1.807) is 43.3 Å². The molecule has 0 unspecified atom stereocenters. The van der Waals surface area contributed by atoms with Gasteiger partial charge in [0.2, 0.25) is 5.95 Å². The number of rotatable bonds is 8. The van der Waals surface area contributed by atoms with Crippen molar-refractivity contribution < 1.29 is 18.7 Å². The van der Waals surface area contributed by atoms with Crippen LogP contribution in [0.3, 0.4) is 0 Å². The van der Waals surface area contributed by atoms with Crippen LogP contribution in [0, 0.1) is 6.92 Å². The molecule has 2 amide bonds. The number of carbonyl (C=O) groups is 2. The maximum absolute atomic E-state index is 13.3. The molecule has 11 heteroatoms. The first-order valence-corrected chi connectivity index (χ1v) is 14.3. The topological polar surface area (TPSA) is 106 Å². The summed E-state index contributed by atoms with van der Waals surface area (Å²) >= 11 is 1.33. The Balaban J connectivity index is 1.28. The molecule has 2 aromatic carbocycles. The lowest BCUT2D eigenvalue weighted by molar-refractivity contribution is 0.0366. The largest absolute Gasteiger partial charge is 0.440 e. The van der Waals surface area contributed by atoms with Crippen LogP contribution < -0.4 is 10.2 Å². The first kappa shape index (κ1) is 26.9. The highest BCUT2D eigenvalue weighted by atomic mass is 32.1. The number of benzene rings is 2. The second-order valence-electron chi connectivity index (χ2n) is 9.81. The second kappa shape index (κ2) is 11.7. The number of hydrogen-bond acceptors (Lipinski definition) is 8. The van der Waals surface area contributed by atoms with Crippen LogP contribution in [-0.2, 0) is 11.3 Å². The van der Waals surface area contributed by atoms with Crippen molar-refractivity contribution in [3.63, 3.8) is 0 Å². The Morgan fingerprint density at radius 2 is 1.85 bits per heavy atom. The molecule has 0 bridgehead atoms. The highest BCUT2D eigenvalue weighted by Crippen LogP contribution is 2.30. The standard InChI is InChI=1S/C30H30N6O4S/c1-20-31-19-25(40-20)26-10-11-27(41-26)28(37)33-30-32-23-18-22(34(2)29(38)21-6-4-3-5-7-21)8-9-24(23)36(30)13-12-35-14-16-39-17-15-35/h3-11,18-19H,12-17H2,1-2H3,(H,32,33,37). The maximum atomic E-state index is 13.3. The number of amides is 2. The third-order valence-electron chi connectivity index (χ3n) is 7.11. The molecule has 41 heavy (non-hydrogen) atoms. The molecule has 0 radical (unpaired) electrons. The highest BCUT2D eigenvalue weighted by molar-refractivity contribution is 7.17. The van der Waals surface area contributed by atoms with Gasteiger partial charge in [-0.2, -0.15) is 0 Å². The number of thiophene rings is 1. The second-order valence-corrected chi connectivity index (χ2v) is 10.9. The van der Waals surface area contributed by atoms with Gasteiger partial charge in [0.05, 0.1) is 40.2 Å². The molecule has 1 aliphatic rings. The Morgan fingerprint density at radius 1 is 1.05 bits per heavy atom. The molecule has 6 rings (SSSR count). The number of fused-ring (bicyclic) bond motifs is 1. The molecule has 10 nitrogen and oxygen atoms in total. The van der Waals surface area contributed by atoms with Crippen molar-refractivity contribution in [2.75, 3.05) is 50.1 Å². The highest BCUT2D eigenvalue weighted by Gasteiger charge is 2.20. The number of morpholine rings is 1. The van der Waals surface area contributed by atoms with E-state index in [1.165, 1.54) is 11.3 Å². The first-order chi connectivity index (χ1) is 20.0. The van der Waals surface area contributed by atoms with Crippen molar-refractivity contribution in [3.05, 3.63) is 83.2 Å². The van der Waals surface area contributed by atoms with Gasteiger partial charge in [-0.25, -0.2) is 9.97 Å². The number of aromatic nitrogens is 3. The van der Waals surface area contributed by atoms with Crippen LogP contribution in [0.1, 0.15) is 25.9 Å². The smallest absolute Gasteiger partial charge is 0.268 e. The van der Waals surface area contributed by atoms with Crippen molar-refractivity contribution in [3.8, 4) is 10.6 Å². The number of ether oxygens (including phenoxy) is 1. The summed E-state index contributed by atoms with van der Waals surface area (Å²) in [6, 6.07) is 18.5. The van der Waals surface area contributed by atoms with Crippen LogP contribution in [0.5, 0.6) is 0 Å². The quantitative estimate of drug-likeness (QED) is 0.282.